The zero-order valence-electron chi connectivity index (χ0n) is 8.33. The van der Waals surface area contributed by atoms with Crippen LogP contribution >= 0.6 is 0 Å². The highest BCUT2D eigenvalue weighted by Gasteiger charge is 1.96. The number of hydrogen-bond donors (Lipinski definition) is 0. The van der Waals surface area contributed by atoms with Crippen LogP contribution in [0.25, 0.3) is 11.1 Å². The maximum Gasteiger partial charge on any atom is -0.0178 e. The zero-order valence-corrected chi connectivity index (χ0v) is 8.33. The second-order valence-electron chi connectivity index (χ2n) is 3.35. The van der Waals surface area contributed by atoms with E-state index in [0.29, 0.717) is 0 Å². The van der Waals surface area contributed by atoms with Crippen molar-refractivity contribution in [1.29, 1.82) is 0 Å². The summed E-state index contributed by atoms with van der Waals surface area (Å²) in [5.41, 5.74) is 3.90. The maximum absolute atomic E-state index is 3.10. The summed E-state index contributed by atoms with van der Waals surface area (Å²) in [6.07, 6.45) is 1.09. The van der Waals surface area contributed by atoms with Gasteiger partial charge in [0, 0.05) is 0 Å². The van der Waals surface area contributed by atoms with Crippen molar-refractivity contribution in [2.24, 2.45) is 0 Å². The van der Waals surface area contributed by atoms with Crippen LogP contribution in [0.1, 0.15) is 12.5 Å². The lowest BCUT2D eigenvalue weighted by Crippen LogP contribution is -1.81. The van der Waals surface area contributed by atoms with E-state index in [1.165, 1.54) is 16.7 Å². The molecule has 0 saturated heterocycles. The summed E-state index contributed by atoms with van der Waals surface area (Å²) >= 11 is 0. The minimum Gasteiger partial charge on any atom is -0.0614 e. The molecular formula is C14H13. The third-order valence-electron chi connectivity index (χ3n) is 2.38. The fourth-order valence-electron chi connectivity index (χ4n) is 1.54. The predicted molar refractivity (Wildman–Crippen MR) is 60.1 cm³/mol. The van der Waals surface area contributed by atoms with Gasteiger partial charge in [0.25, 0.3) is 0 Å². The van der Waals surface area contributed by atoms with Crippen molar-refractivity contribution in [3.63, 3.8) is 0 Å². The second kappa shape index (κ2) is 4.10. The van der Waals surface area contributed by atoms with Gasteiger partial charge in [0.1, 0.15) is 0 Å². The molecule has 0 aliphatic rings. The SMILES string of the molecule is CCc1cccc(-c2c[c]ccc2)c1. The molecule has 0 saturated carbocycles. The van der Waals surface area contributed by atoms with Crippen LogP contribution in [-0.2, 0) is 6.42 Å². The molecule has 2 aromatic rings. The van der Waals surface area contributed by atoms with E-state index in [2.05, 4.69) is 43.3 Å². The van der Waals surface area contributed by atoms with Crippen LogP contribution in [0.5, 0.6) is 0 Å². The fraction of sp³-hybridized carbons (Fsp3) is 0.143. The molecule has 0 heterocycles. The van der Waals surface area contributed by atoms with Crippen LogP contribution in [0.15, 0.2) is 48.5 Å². The number of aryl methyl sites for hydroxylation is 1. The van der Waals surface area contributed by atoms with Crippen LogP contribution in [0, 0.1) is 6.07 Å². The third-order valence-corrected chi connectivity index (χ3v) is 2.38. The Hall–Kier alpha value is -1.56. The van der Waals surface area contributed by atoms with Crippen molar-refractivity contribution in [1.82, 2.24) is 0 Å². The quantitative estimate of drug-likeness (QED) is 0.662. The predicted octanol–water partition coefficient (Wildman–Crippen LogP) is 3.72. The van der Waals surface area contributed by atoms with Crippen molar-refractivity contribution >= 4 is 0 Å². The van der Waals surface area contributed by atoms with E-state index in [-0.39, 0.29) is 0 Å². The second-order valence-corrected chi connectivity index (χ2v) is 3.35. The Balaban J connectivity index is 2.42. The van der Waals surface area contributed by atoms with Crippen molar-refractivity contribution in [3.8, 4) is 11.1 Å². The van der Waals surface area contributed by atoms with Gasteiger partial charge >= 0.3 is 0 Å². The highest BCUT2D eigenvalue weighted by atomic mass is 14.0. The average molecular weight is 181 g/mol. The van der Waals surface area contributed by atoms with E-state index in [1.807, 2.05) is 18.2 Å². The molecule has 0 unspecified atom stereocenters. The Bertz CT molecular complexity index is 401. The van der Waals surface area contributed by atoms with E-state index < -0.39 is 0 Å². The van der Waals surface area contributed by atoms with Crippen LogP contribution < -0.4 is 0 Å². The van der Waals surface area contributed by atoms with Gasteiger partial charge in [-0.1, -0.05) is 49.4 Å². The monoisotopic (exact) mass is 181 g/mol. The smallest absolute Gasteiger partial charge is 0.0178 e. The molecule has 0 amide bonds. The topological polar surface area (TPSA) is 0 Å². The summed E-state index contributed by atoms with van der Waals surface area (Å²) in [5.74, 6) is 0. The molecule has 2 rings (SSSR count). The summed E-state index contributed by atoms with van der Waals surface area (Å²) in [6.45, 7) is 2.18. The first-order valence-corrected chi connectivity index (χ1v) is 4.95. The van der Waals surface area contributed by atoms with Gasteiger partial charge in [-0.05, 0) is 35.2 Å². The average Bonchev–Trinajstić information content (AvgIpc) is 2.30. The number of benzene rings is 2. The van der Waals surface area contributed by atoms with Crippen LogP contribution in [0.2, 0.25) is 0 Å². The molecule has 0 N–H and O–H groups in total. The lowest BCUT2D eigenvalue weighted by atomic mass is 10.0. The van der Waals surface area contributed by atoms with E-state index in [1.54, 1.807) is 0 Å². The van der Waals surface area contributed by atoms with Gasteiger partial charge in [-0.3, -0.25) is 0 Å². The summed E-state index contributed by atoms with van der Waals surface area (Å²) < 4.78 is 0. The van der Waals surface area contributed by atoms with Crippen molar-refractivity contribution in [2.75, 3.05) is 0 Å². The van der Waals surface area contributed by atoms with Crippen molar-refractivity contribution in [3.05, 3.63) is 60.2 Å². The first-order valence-electron chi connectivity index (χ1n) is 4.95. The summed E-state index contributed by atoms with van der Waals surface area (Å²) in [7, 11) is 0. The maximum atomic E-state index is 3.10. The molecule has 0 spiro atoms. The largest absolute Gasteiger partial charge is 0.0614 e. The first-order chi connectivity index (χ1) is 6.90. The molecule has 2 aromatic carbocycles. The Labute approximate surface area is 85.2 Å². The van der Waals surface area contributed by atoms with Gasteiger partial charge in [0.2, 0.25) is 0 Å². The highest BCUT2D eigenvalue weighted by Crippen LogP contribution is 2.19. The molecule has 0 atom stereocenters. The molecule has 0 nitrogen and oxygen atoms in total. The molecule has 0 aromatic heterocycles. The molecule has 14 heavy (non-hydrogen) atoms. The summed E-state index contributed by atoms with van der Waals surface area (Å²) in [5, 5.41) is 0. The molecule has 0 aliphatic carbocycles. The van der Waals surface area contributed by atoms with Gasteiger partial charge < -0.3 is 0 Å². The molecule has 0 bridgehead atoms. The molecule has 69 valence electrons. The van der Waals surface area contributed by atoms with E-state index >= 15 is 0 Å². The van der Waals surface area contributed by atoms with E-state index in [4.69, 9.17) is 0 Å². The van der Waals surface area contributed by atoms with Crippen molar-refractivity contribution < 1.29 is 0 Å². The standard InChI is InChI=1S/C14H13/c1-2-12-7-6-10-14(11-12)13-8-4-3-5-9-13/h3-4,6-11H,2H2,1H3. The Kier molecular flexibility index (Phi) is 2.64. The summed E-state index contributed by atoms with van der Waals surface area (Å²) in [4.78, 5) is 0. The lowest BCUT2D eigenvalue weighted by molar-refractivity contribution is 1.14. The minimum absolute atomic E-state index is 1.09. The third kappa shape index (κ3) is 1.85. The number of hydrogen-bond acceptors (Lipinski definition) is 0. The van der Waals surface area contributed by atoms with Crippen LogP contribution in [-0.4, -0.2) is 0 Å². The number of rotatable bonds is 2. The summed E-state index contributed by atoms with van der Waals surface area (Å²) in [6, 6.07) is 19.8. The Morgan fingerprint density at radius 1 is 1.07 bits per heavy atom. The molecule has 0 heteroatoms. The molecule has 0 aliphatic heterocycles. The molecular weight excluding hydrogens is 168 g/mol. The molecule has 1 radical (unpaired) electrons. The normalized spacial score (nSPS) is 10.1. The van der Waals surface area contributed by atoms with Crippen molar-refractivity contribution in [2.45, 2.75) is 13.3 Å². The highest BCUT2D eigenvalue weighted by molar-refractivity contribution is 5.63. The fourth-order valence-corrected chi connectivity index (χ4v) is 1.54. The van der Waals surface area contributed by atoms with Gasteiger partial charge in [-0.25, -0.2) is 0 Å². The Morgan fingerprint density at radius 2 is 1.93 bits per heavy atom. The molecule has 0 fully saturated rings. The minimum atomic E-state index is 1.09. The van der Waals surface area contributed by atoms with Crippen LogP contribution in [0.3, 0.4) is 0 Å². The zero-order chi connectivity index (χ0) is 9.80. The van der Waals surface area contributed by atoms with E-state index in [9.17, 15) is 0 Å². The van der Waals surface area contributed by atoms with Gasteiger partial charge in [-0.2, -0.15) is 0 Å². The first kappa shape index (κ1) is 9.01. The van der Waals surface area contributed by atoms with Gasteiger partial charge in [0.15, 0.2) is 0 Å². The lowest BCUT2D eigenvalue weighted by Gasteiger charge is -2.03. The van der Waals surface area contributed by atoms with E-state index in [0.717, 1.165) is 6.42 Å². The van der Waals surface area contributed by atoms with Gasteiger partial charge in [0.05, 0.1) is 0 Å². The Morgan fingerprint density at radius 3 is 2.64 bits per heavy atom. The van der Waals surface area contributed by atoms with Gasteiger partial charge in [-0.15, -0.1) is 0 Å². The van der Waals surface area contributed by atoms with Crippen LogP contribution in [0.4, 0.5) is 0 Å².